The monoisotopic (exact) mass is 251 g/mol. The van der Waals surface area contributed by atoms with Gasteiger partial charge in [0, 0.05) is 44.0 Å². The fraction of sp³-hybridized carbons (Fsp3) is 0.643. The summed E-state index contributed by atoms with van der Waals surface area (Å²) in [5.41, 5.74) is 1.26. The Morgan fingerprint density at radius 2 is 2.22 bits per heavy atom. The summed E-state index contributed by atoms with van der Waals surface area (Å²) in [5.74, 6) is 0.128. The maximum absolute atomic E-state index is 11.5. The lowest BCUT2D eigenvalue weighted by atomic mass is 10.2. The molecule has 0 bridgehead atoms. The van der Waals surface area contributed by atoms with E-state index in [0.717, 1.165) is 26.1 Å². The van der Waals surface area contributed by atoms with Gasteiger partial charge < -0.3 is 15.2 Å². The molecule has 0 aromatic carbocycles. The second-order valence-corrected chi connectivity index (χ2v) is 4.59. The third-order valence-electron chi connectivity index (χ3n) is 3.12. The molecule has 1 aromatic rings. The van der Waals surface area contributed by atoms with E-state index in [4.69, 9.17) is 0 Å². The Labute approximate surface area is 110 Å². The summed E-state index contributed by atoms with van der Waals surface area (Å²) in [6.07, 6.45) is 3.59. The molecule has 0 fully saturated rings. The highest BCUT2D eigenvalue weighted by Crippen LogP contribution is 2.01. The summed E-state index contributed by atoms with van der Waals surface area (Å²) in [7, 11) is 0. The lowest BCUT2D eigenvalue weighted by molar-refractivity contribution is -0.121. The van der Waals surface area contributed by atoms with Crippen LogP contribution in [0.3, 0.4) is 0 Å². The molecule has 0 saturated heterocycles. The number of carbonyl (C=O) groups excluding carboxylic acids is 1. The minimum atomic E-state index is 0.128. The first kappa shape index (κ1) is 14.8. The third-order valence-corrected chi connectivity index (χ3v) is 3.12. The van der Waals surface area contributed by atoms with E-state index in [0.29, 0.717) is 6.42 Å². The highest BCUT2D eigenvalue weighted by molar-refractivity contribution is 5.76. The largest absolute Gasteiger partial charge is 0.354 e. The van der Waals surface area contributed by atoms with Crippen LogP contribution < -0.4 is 10.6 Å². The fourth-order valence-corrected chi connectivity index (χ4v) is 1.79. The SMILES string of the molecule is CCC(C)NC(=O)CCNCc1cccn1CC. The number of aromatic nitrogens is 1. The molecule has 1 aromatic heterocycles. The van der Waals surface area contributed by atoms with Gasteiger partial charge in [0.1, 0.15) is 0 Å². The summed E-state index contributed by atoms with van der Waals surface area (Å²) in [5, 5.41) is 6.26. The zero-order chi connectivity index (χ0) is 13.4. The van der Waals surface area contributed by atoms with Crippen molar-refractivity contribution in [2.24, 2.45) is 0 Å². The van der Waals surface area contributed by atoms with Crippen LogP contribution in [-0.4, -0.2) is 23.1 Å². The average molecular weight is 251 g/mol. The quantitative estimate of drug-likeness (QED) is 0.693. The van der Waals surface area contributed by atoms with E-state index in [9.17, 15) is 4.79 Å². The van der Waals surface area contributed by atoms with Crippen molar-refractivity contribution in [2.45, 2.75) is 52.7 Å². The molecule has 1 unspecified atom stereocenters. The molecular weight excluding hydrogens is 226 g/mol. The lowest BCUT2D eigenvalue weighted by Crippen LogP contribution is -2.34. The number of hydrogen-bond donors (Lipinski definition) is 2. The Balaban J connectivity index is 2.17. The van der Waals surface area contributed by atoms with E-state index in [1.54, 1.807) is 0 Å². The van der Waals surface area contributed by atoms with E-state index in [1.165, 1.54) is 5.69 Å². The van der Waals surface area contributed by atoms with E-state index >= 15 is 0 Å². The molecule has 102 valence electrons. The van der Waals surface area contributed by atoms with E-state index in [1.807, 2.05) is 6.92 Å². The molecule has 0 saturated carbocycles. The Bertz CT molecular complexity index is 360. The summed E-state index contributed by atoms with van der Waals surface area (Å²) >= 11 is 0. The molecule has 1 amide bonds. The summed E-state index contributed by atoms with van der Waals surface area (Å²) in [6.45, 7) is 8.75. The Morgan fingerprint density at radius 1 is 1.44 bits per heavy atom. The van der Waals surface area contributed by atoms with Gasteiger partial charge >= 0.3 is 0 Å². The lowest BCUT2D eigenvalue weighted by Gasteiger charge is -2.12. The second-order valence-electron chi connectivity index (χ2n) is 4.59. The molecule has 4 nitrogen and oxygen atoms in total. The minimum Gasteiger partial charge on any atom is -0.354 e. The van der Waals surface area contributed by atoms with Crippen LogP contribution in [0.4, 0.5) is 0 Å². The van der Waals surface area contributed by atoms with Crippen LogP contribution in [0.15, 0.2) is 18.3 Å². The zero-order valence-electron chi connectivity index (χ0n) is 11.7. The number of carbonyl (C=O) groups is 1. The molecule has 1 rings (SSSR count). The number of aryl methyl sites for hydroxylation is 1. The number of nitrogens with zero attached hydrogens (tertiary/aromatic N) is 1. The zero-order valence-corrected chi connectivity index (χ0v) is 11.7. The number of amides is 1. The number of hydrogen-bond acceptors (Lipinski definition) is 2. The molecule has 0 radical (unpaired) electrons. The molecule has 0 aliphatic heterocycles. The van der Waals surface area contributed by atoms with Crippen LogP contribution >= 0.6 is 0 Å². The van der Waals surface area contributed by atoms with Gasteiger partial charge in [0.25, 0.3) is 0 Å². The van der Waals surface area contributed by atoms with Crippen molar-refractivity contribution < 1.29 is 4.79 Å². The number of nitrogens with one attached hydrogen (secondary N) is 2. The van der Waals surface area contributed by atoms with Crippen molar-refractivity contribution in [3.8, 4) is 0 Å². The fourth-order valence-electron chi connectivity index (χ4n) is 1.79. The first-order valence-corrected chi connectivity index (χ1v) is 6.81. The Morgan fingerprint density at radius 3 is 2.89 bits per heavy atom. The van der Waals surface area contributed by atoms with Gasteiger partial charge in [-0.3, -0.25) is 4.79 Å². The van der Waals surface area contributed by atoms with Crippen molar-refractivity contribution in [2.75, 3.05) is 6.54 Å². The van der Waals surface area contributed by atoms with Crippen LogP contribution in [0, 0.1) is 0 Å². The van der Waals surface area contributed by atoms with Crippen molar-refractivity contribution >= 4 is 5.91 Å². The Kier molecular flexibility index (Phi) is 6.50. The van der Waals surface area contributed by atoms with Gasteiger partial charge in [-0.05, 0) is 32.4 Å². The van der Waals surface area contributed by atoms with Gasteiger partial charge in [0.15, 0.2) is 0 Å². The van der Waals surface area contributed by atoms with Gasteiger partial charge in [0.2, 0.25) is 5.91 Å². The normalized spacial score (nSPS) is 12.4. The van der Waals surface area contributed by atoms with Crippen molar-refractivity contribution in [3.63, 3.8) is 0 Å². The standard InChI is InChI=1S/C14H25N3O/c1-4-12(3)16-14(18)8-9-15-11-13-7-6-10-17(13)5-2/h6-7,10,12,15H,4-5,8-9,11H2,1-3H3,(H,16,18). The topological polar surface area (TPSA) is 46.1 Å². The molecule has 18 heavy (non-hydrogen) atoms. The van der Waals surface area contributed by atoms with Crippen molar-refractivity contribution in [1.29, 1.82) is 0 Å². The van der Waals surface area contributed by atoms with E-state index in [-0.39, 0.29) is 11.9 Å². The van der Waals surface area contributed by atoms with Crippen molar-refractivity contribution in [1.82, 2.24) is 15.2 Å². The van der Waals surface area contributed by atoms with Crippen LogP contribution in [-0.2, 0) is 17.9 Å². The van der Waals surface area contributed by atoms with Gasteiger partial charge in [0.05, 0.1) is 0 Å². The molecule has 2 N–H and O–H groups in total. The number of rotatable bonds is 8. The van der Waals surface area contributed by atoms with Gasteiger partial charge in [-0.1, -0.05) is 6.92 Å². The van der Waals surface area contributed by atoms with Gasteiger partial charge in [-0.15, -0.1) is 0 Å². The first-order chi connectivity index (χ1) is 8.67. The highest BCUT2D eigenvalue weighted by Gasteiger charge is 2.05. The molecule has 0 aliphatic carbocycles. The van der Waals surface area contributed by atoms with Crippen LogP contribution in [0.1, 0.15) is 39.3 Å². The molecule has 4 heteroatoms. The smallest absolute Gasteiger partial charge is 0.221 e. The first-order valence-electron chi connectivity index (χ1n) is 6.81. The third kappa shape index (κ3) is 4.92. The highest BCUT2D eigenvalue weighted by atomic mass is 16.1. The molecule has 0 spiro atoms. The Hall–Kier alpha value is -1.29. The molecular formula is C14H25N3O. The van der Waals surface area contributed by atoms with Crippen LogP contribution in [0.25, 0.3) is 0 Å². The summed E-state index contributed by atoms with van der Waals surface area (Å²) < 4.78 is 2.20. The average Bonchev–Trinajstić information content (AvgIpc) is 2.81. The second kappa shape index (κ2) is 7.93. The van der Waals surface area contributed by atoms with E-state index < -0.39 is 0 Å². The summed E-state index contributed by atoms with van der Waals surface area (Å²) in [6, 6.07) is 4.43. The predicted octanol–water partition coefficient (Wildman–Crippen LogP) is 1.90. The summed E-state index contributed by atoms with van der Waals surface area (Å²) in [4.78, 5) is 11.5. The minimum absolute atomic E-state index is 0.128. The predicted molar refractivity (Wildman–Crippen MR) is 74.3 cm³/mol. The van der Waals surface area contributed by atoms with Crippen LogP contribution in [0.5, 0.6) is 0 Å². The maximum Gasteiger partial charge on any atom is 0.221 e. The van der Waals surface area contributed by atoms with Gasteiger partial charge in [-0.2, -0.15) is 0 Å². The van der Waals surface area contributed by atoms with Crippen LogP contribution in [0.2, 0.25) is 0 Å². The van der Waals surface area contributed by atoms with E-state index in [2.05, 4.69) is 47.4 Å². The maximum atomic E-state index is 11.5. The molecule has 0 aliphatic rings. The molecule has 1 atom stereocenters. The van der Waals surface area contributed by atoms with Crippen molar-refractivity contribution in [3.05, 3.63) is 24.0 Å². The molecule has 1 heterocycles. The van der Waals surface area contributed by atoms with Gasteiger partial charge in [-0.25, -0.2) is 0 Å².